The highest BCUT2D eigenvalue weighted by molar-refractivity contribution is 5.93. The summed E-state index contributed by atoms with van der Waals surface area (Å²) in [6.07, 6.45) is 12.5. The molecule has 3 aromatic heterocycles. The van der Waals surface area contributed by atoms with E-state index in [1.165, 1.54) is 6.42 Å². The lowest BCUT2D eigenvalue weighted by molar-refractivity contribution is -0.195. The Morgan fingerprint density at radius 3 is 2.67 bits per heavy atom. The minimum atomic E-state index is -0.0623. The summed E-state index contributed by atoms with van der Waals surface area (Å²) in [5.41, 5.74) is 2.48. The summed E-state index contributed by atoms with van der Waals surface area (Å²) in [7, 11) is 0. The molecule has 1 atom stereocenters. The van der Waals surface area contributed by atoms with Crippen molar-refractivity contribution in [3.63, 3.8) is 0 Å². The maximum Gasteiger partial charge on any atom is 0.228 e. The molecule has 0 aromatic carbocycles. The predicted molar refractivity (Wildman–Crippen MR) is 133 cm³/mol. The molecule has 1 amide bonds. The fourth-order valence-electron chi connectivity index (χ4n) is 5.05. The first-order valence-corrected chi connectivity index (χ1v) is 13.0. The fraction of sp³-hybridized carbons (Fsp3) is 0.519. The van der Waals surface area contributed by atoms with E-state index in [0.717, 1.165) is 74.6 Å². The van der Waals surface area contributed by atoms with Crippen LogP contribution in [0.3, 0.4) is 0 Å². The molecule has 2 N–H and O–H groups in total. The number of pyridine rings is 2. The van der Waals surface area contributed by atoms with Crippen LogP contribution in [0.2, 0.25) is 0 Å². The molecule has 9 nitrogen and oxygen atoms in total. The Morgan fingerprint density at radius 2 is 1.89 bits per heavy atom. The van der Waals surface area contributed by atoms with Crippen LogP contribution >= 0.6 is 0 Å². The Morgan fingerprint density at radius 1 is 1.06 bits per heavy atom. The SMILES string of the molecule is O=C(Nc1cc2cc(-c3cc(O)ncc3O[C@H]3CC[C@H](OC4CCCCO4)CC3)ccn2n1)C1CC1. The molecule has 0 bridgehead atoms. The van der Waals surface area contributed by atoms with E-state index in [9.17, 15) is 9.90 Å². The van der Waals surface area contributed by atoms with Crippen molar-refractivity contribution in [3.8, 4) is 22.8 Å². The first-order valence-electron chi connectivity index (χ1n) is 13.0. The average Bonchev–Trinajstić information content (AvgIpc) is 3.67. The van der Waals surface area contributed by atoms with Crippen LogP contribution in [-0.2, 0) is 14.3 Å². The van der Waals surface area contributed by atoms with Crippen LogP contribution in [0.4, 0.5) is 5.82 Å². The maximum atomic E-state index is 12.1. The molecule has 1 saturated heterocycles. The third-order valence-corrected chi connectivity index (χ3v) is 7.22. The van der Waals surface area contributed by atoms with Gasteiger partial charge in [-0.05, 0) is 75.5 Å². The third-order valence-electron chi connectivity index (χ3n) is 7.22. The standard InChI is InChI=1S/C27H32N4O5/c32-25-15-22(18-10-11-31-19(13-18)14-24(30-31)29-27(33)17-4-5-17)23(16-28-25)35-20-6-8-21(9-7-20)36-26-3-1-2-12-34-26/h10-11,13-17,20-21,26H,1-9,12H2,(H,28,32)(H,29,30,33)/t20-,21-,26?. The van der Waals surface area contributed by atoms with Crippen LogP contribution in [0.5, 0.6) is 11.6 Å². The summed E-state index contributed by atoms with van der Waals surface area (Å²) in [6.45, 7) is 0.793. The van der Waals surface area contributed by atoms with Gasteiger partial charge in [-0.1, -0.05) is 0 Å². The lowest BCUT2D eigenvalue weighted by Gasteiger charge is -2.33. The smallest absolute Gasteiger partial charge is 0.228 e. The topological polar surface area (TPSA) is 107 Å². The van der Waals surface area contributed by atoms with E-state index in [0.29, 0.717) is 11.6 Å². The van der Waals surface area contributed by atoms with Crippen molar-refractivity contribution in [2.75, 3.05) is 11.9 Å². The van der Waals surface area contributed by atoms with Crippen molar-refractivity contribution >= 4 is 17.2 Å². The zero-order valence-electron chi connectivity index (χ0n) is 20.3. The maximum absolute atomic E-state index is 12.1. The van der Waals surface area contributed by atoms with Gasteiger partial charge < -0.3 is 24.6 Å². The summed E-state index contributed by atoms with van der Waals surface area (Å²) in [6, 6.07) is 7.37. The van der Waals surface area contributed by atoms with Crippen LogP contribution in [0.1, 0.15) is 57.8 Å². The van der Waals surface area contributed by atoms with Gasteiger partial charge in [-0.2, -0.15) is 5.10 Å². The van der Waals surface area contributed by atoms with Crippen molar-refractivity contribution in [2.24, 2.45) is 5.92 Å². The highest BCUT2D eigenvalue weighted by Crippen LogP contribution is 2.36. The normalized spacial score (nSPS) is 24.5. The average molecular weight is 493 g/mol. The van der Waals surface area contributed by atoms with Crippen molar-refractivity contribution in [1.29, 1.82) is 0 Å². The number of ether oxygens (including phenoxy) is 3. The summed E-state index contributed by atoms with van der Waals surface area (Å²) in [5.74, 6) is 1.26. The van der Waals surface area contributed by atoms with Gasteiger partial charge in [0.25, 0.3) is 0 Å². The van der Waals surface area contributed by atoms with E-state index in [2.05, 4.69) is 15.4 Å². The monoisotopic (exact) mass is 492 g/mol. The van der Waals surface area contributed by atoms with Gasteiger partial charge in [0.15, 0.2) is 12.1 Å². The molecule has 3 fully saturated rings. The first kappa shape index (κ1) is 23.2. The zero-order chi connectivity index (χ0) is 24.5. The molecule has 1 unspecified atom stereocenters. The molecule has 1 aliphatic heterocycles. The molecule has 9 heteroatoms. The van der Waals surface area contributed by atoms with Crippen LogP contribution < -0.4 is 10.1 Å². The molecule has 0 radical (unpaired) electrons. The molecule has 6 rings (SSSR count). The van der Waals surface area contributed by atoms with Crippen LogP contribution in [0.15, 0.2) is 36.7 Å². The number of fused-ring (bicyclic) bond motifs is 1. The van der Waals surface area contributed by atoms with Crippen LogP contribution in [0, 0.1) is 5.92 Å². The van der Waals surface area contributed by atoms with Gasteiger partial charge in [0.1, 0.15) is 5.75 Å². The third kappa shape index (κ3) is 5.32. The number of aromatic nitrogens is 3. The first-order chi connectivity index (χ1) is 17.6. The number of rotatable bonds is 7. The van der Waals surface area contributed by atoms with Gasteiger partial charge in [0.05, 0.1) is 23.9 Å². The number of carbonyl (C=O) groups is 1. The second kappa shape index (κ2) is 10.1. The zero-order valence-corrected chi connectivity index (χ0v) is 20.3. The minimum Gasteiger partial charge on any atom is -0.493 e. The van der Waals surface area contributed by atoms with Crippen molar-refractivity contribution in [3.05, 3.63) is 36.7 Å². The van der Waals surface area contributed by atoms with Gasteiger partial charge >= 0.3 is 0 Å². The fourth-order valence-corrected chi connectivity index (χ4v) is 5.05. The Hall–Kier alpha value is -3.17. The quantitative estimate of drug-likeness (QED) is 0.493. The van der Waals surface area contributed by atoms with Gasteiger partial charge in [0.2, 0.25) is 11.8 Å². The molecule has 3 aromatic rings. The highest BCUT2D eigenvalue weighted by atomic mass is 16.7. The van der Waals surface area contributed by atoms with Crippen molar-refractivity contribution in [2.45, 2.75) is 76.3 Å². The summed E-state index contributed by atoms with van der Waals surface area (Å²) >= 11 is 0. The molecule has 36 heavy (non-hydrogen) atoms. The van der Waals surface area contributed by atoms with E-state index in [4.69, 9.17) is 14.2 Å². The van der Waals surface area contributed by atoms with Gasteiger partial charge in [-0.25, -0.2) is 9.50 Å². The molecule has 4 heterocycles. The lowest BCUT2D eigenvalue weighted by Crippen LogP contribution is -2.33. The predicted octanol–water partition coefficient (Wildman–Crippen LogP) is 4.68. The Labute approximate surface area is 209 Å². The Bertz CT molecular complexity index is 1230. The highest BCUT2D eigenvalue weighted by Gasteiger charge is 2.30. The second-order valence-electron chi connectivity index (χ2n) is 10.1. The molecule has 2 saturated carbocycles. The number of hydrogen-bond acceptors (Lipinski definition) is 7. The number of anilines is 1. The van der Waals surface area contributed by atoms with E-state index in [1.54, 1.807) is 16.8 Å². The number of nitrogens with one attached hydrogen (secondary N) is 1. The number of amides is 1. The summed E-state index contributed by atoms with van der Waals surface area (Å²) in [4.78, 5) is 16.2. The molecular weight excluding hydrogens is 460 g/mol. The minimum absolute atomic E-state index is 0.0276. The molecule has 2 aliphatic carbocycles. The molecular formula is C27H32N4O5. The summed E-state index contributed by atoms with van der Waals surface area (Å²) in [5, 5.41) is 17.5. The van der Waals surface area contributed by atoms with E-state index in [-0.39, 0.29) is 36.2 Å². The van der Waals surface area contributed by atoms with Crippen molar-refractivity contribution < 1.29 is 24.1 Å². The second-order valence-corrected chi connectivity index (χ2v) is 10.1. The van der Waals surface area contributed by atoms with Gasteiger partial charge in [-0.15, -0.1) is 0 Å². The largest absolute Gasteiger partial charge is 0.493 e. The number of carbonyl (C=O) groups excluding carboxylic acids is 1. The van der Waals surface area contributed by atoms with Gasteiger partial charge in [-0.3, -0.25) is 4.79 Å². The lowest BCUT2D eigenvalue weighted by atomic mass is 9.94. The van der Waals surface area contributed by atoms with Crippen LogP contribution in [0.25, 0.3) is 16.6 Å². The summed E-state index contributed by atoms with van der Waals surface area (Å²) < 4.78 is 20.0. The van der Waals surface area contributed by atoms with Crippen molar-refractivity contribution in [1.82, 2.24) is 14.6 Å². The van der Waals surface area contributed by atoms with E-state index < -0.39 is 0 Å². The molecule has 190 valence electrons. The Kier molecular flexibility index (Phi) is 6.50. The van der Waals surface area contributed by atoms with Crippen LogP contribution in [-0.4, -0.2) is 50.7 Å². The van der Waals surface area contributed by atoms with E-state index >= 15 is 0 Å². The molecule has 3 aliphatic rings. The number of aromatic hydroxyl groups is 1. The number of nitrogens with zero attached hydrogens (tertiary/aromatic N) is 3. The molecule has 0 spiro atoms. The Balaban J connectivity index is 1.14. The number of hydrogen-bond donors (Lipinski definition) is 2. The van der Waals surface area contributed by atoms with E-state index in [1.807, 2.05) is 24.4 Å². The van der Waals surface area contributed by atoms with Gasteiger partial charge in [0, 0.05) is 36.4 Å².